The fourth-order valence-electron chi connectivity index (χ4n) is 3.74. The maximum absolute atomic E-state index is 11.7. The monoisotopic (exact) mass is 398 g/mol. The first kappa shape index (κ1) is 20.9. The summed E-state index contributed by atoms with van der Waals surface area (Å²) in [6, 6.07) is 13.1. The second-order valence-electron chi connectivity index (χ2n) is 7.44. The van der Waals surface area contributed by atoms with Gasteiger partial charge in [-0.2, -0.15) is 0 Å². The minimum absolute atomic E-state index is 0.323. The number of likely N-dealkylation sites (tertiary alicyclic amines) is 1. The average Bonchev–Trinajstić information content (AvgIpc) is 3.27. The van der Waals surface area contributed by atoms with Gasteiger partial charge < -0.3 is 19.8 Å². The molecule has 1 aliphatic rings. The van der Waals surface area contributed by atoms with Crippen LogP contribution in [0.15, 0.2) is 45.8 Å². The van der Waals surface area contributed by atoms with Crippen LogP contribution in [0.4, 0.5) is 0 Å². The highest BCUT2D eigenvalue weighted by Gasteiger charge is 2.29. The SMILES string of the molecule is CN=C(NCc1cc(C(=O)OC)c(C)o1)NC1CC(C)N(Cc2ccccc2)C1. The lowest BCUT2D eigenvalue weighted by Gasteiger charge is -2.21. The zero-order chi connectivity index (χ0) is 20.8. The molecule has 0 bridgehead atoms. The first-order chi connectivity index (χ1) is 14.0. The summed E-state index contributed by atoms with van der Waals surface area (Å²) in [5.41, 5.74) is 1.78. The van der Waals surface area contributed by atoms with E-state index in [1.165, 1.54) is 12.7 Å². The number of carbonyl (C=O) groups is 1. The van der Waals surface area contributed by atoms with Crippen LogP contribution in [0.5, 0.6) is 0 Å². The van der Waals surface area contributed by atoms with Crippen molar-refractivity contribution < 1.29 is 13.9 Å². The lowest BCUT2D eigenvalue weighted by Crippen LogP contribution is -2.44. The zero-order valence-corrected chi connectivity index (χ0v) is 17.6. The van der Waals surface area contributed by atoms with Crippen molar-refractivity contribution in [2.45, 2.75) is 45.4 Å². The molecule has 2 unspecified atom stereocenters. The Morgan fingerprint density at radius 2 is 2.10 bits per heavy atom. The highest BCUT2D eigenvalue weighted by atomic mass is 16.5. The number of hydrogen-bond donors (Lipinski definition) is 2. The molecule has 1 aromatic carbocycles. The van der Waals surface area contributed by atoms with Gasteiger partial charge in [-0.3, -0.25) is 9.89 Å². The smallest absolute Gasteiger partial charge is 0.341 e. The molecule has 1 aromatic heterocycles. The standard InChI is InChI=1S/C22H30N4O3/c1-15-10-18(14-26(15)13-17-8-6-5-7-9-17)25-22(23-3)24-12-19-11-20(16(2)29-19)21(27)28-4/h5-9,11,15,18H,10,12-14H2,1-4H3,(H2,23,24,25). The van der Waals surface area contributed by atoms with E-state index in [-0.39, 0.29) is 0 Å². The number of furan rings is 1. The van der Waals surface area contributed by atoms with Gasteiger partial charge in [-0.15, -0.1) is 0 Å². The fraction of sp³-hybridized carbons (Fsp3) is 0.455. The molecule has 2 N–H and O–H groups in total. The van der Waals surface area contributed by atoms with Crippen molar-refractivity contribution >= 4 is 11.9 Å². The summed E-state index contributed by atoms with van der Waals surface area (Å²) in [6.07, 6.45) is 1.06. The van der Waals surface area contributed by atoms with E-state index in [2.05, 4.69) is 51.7 Å². The molecule has 1 aliphatic heterocycles. The number of esters is 1. The molecule has 29 heavy (non-hydrogen) atoms. The fourth-order valence-corrected chi connectivity index (χ4v) is 3.74. The largest absolute Gasteiger partial charge is 0.465 e. The molecular formula is C22H30N4O3. The summed E-state index contributed by atoms with van der Waals surface area (Å²) in [5.74, 6) is 1.55. The van der Waals surface area contributed by atoms with Crippen molar-refractivity contribution in [2.24, 2.45) is 4.99 Å². The minimum atomic E-state index is -0.390. The van der Waals surface area contributed by atoms with Gasteiger partial charge in [0.25, 0.3) is 0 Å². The van der Waals surface area contributed by atoms with E-state index < -0.39 is 5.97 Å². The van der Waals surface area contributed by atoms with Crippen molar-refractivity contribution in [1.29, 1.82) is 0 Å². The Balaban J connectivity index is 1.52. The number of hydrogen-bond acceptors (Lipinski definition) is 5. The van der Waals surface area contributed by atoms with Gasteiger partial charge in [0.1, 0.15) is 17.1 Å². The summed E-state index contributed by atoms with van der Waals surface area (Å²) < 4.78 is 10.4. The van der Waals surface area contributed by atoms with E-state index in [0.29, 0.717) is 35.7 Å². The molecule has 0 radical (unpaired) electrons. The van der Waals surface area contributed by atoms with Crippen molar-refractivity contribution in [3.05, 3.63) is 59.0 Å². The number of guanidine groups is 1. The predicted molar refractivity (Wildman–Crippen MR) is 113 cm³/mol. The molecular weight excluding hydrogens is 368 g/mol. The minimum Gasteiger partial charge on any atom is -0.465 e. The Morgan fingerprint density at radius 3 is 2.79 bits per heavy atom. The summed E-state index contributed by atoms with van der Waals surface area (Å²) in [5, 5.41) is 6.77. The quantitative estimate of drug-likeness (QED) is 0.443. The maximum Gasteiger partial charge on any atom is 0.341 e. The van der Waals surface area contributed by atoms with Crippen LogP contribution in [-0.4, -0.2) is 49.6 Å². The molecule has 0 saturated carbocycles. The molecule has 3 rings (SSSR count). The van der Waals surface area contributed by atoms with Crippen LogP contribution in [0, 0.1) is 6.92 Å². The number of aliphatic imine (C=N–C) groups is 1. The van der Waals surface area contributed by atoms with E-state index in [9.17, 15) is 4.79 Å². The van der Waals surface area contributed by atoms with Gasteiger partial charge in [-0.05, 0) is 31.9 Å². The van der Waals surface area contributed by atoms with Crippen LogP contribution in [-0.2, 0) is 17.8 Å². The van der Waals surface area contributed by atoms with E-state index in [4.69, 9.17) is 9.15 Å². The normalized spacial score (nSPS) is 19.9. The summed E-state index contributed by atoms with van der Waals surface area (Å²) in [6.45, 7) is 6.37. The number of nitrogens with one attached hydrogen (secondary N) is 2. The maximum atomic E-state index is 11.7. The molecule has 7 heteroatoms. The van der Waals surface area contributed by atoms with Gasteiger partial charge in [0.05, 0.1) is 13.7 Å². The van der Waals surface area contributed by atoms with Crippen LogP contribution < -0.4 is 10.6 Å². The van der Waals surface area contributed by atoms with Gasteiger partial charge in [0.2, 0.25) is 0 Å². The highest BCUT2D eigenvalue weighted by Crippen LogP contribution is 2.20. The lowest BCUT2D eigenvalue weighted by molar-refractivity contribution is 0.0599. The van der Waals surface area contributed by atoms with E-state index in [1.54, 1.807) is 20.0 Å². The molecule has 2 atom stereocenters. The average molecular weight is 399 g/mol. The van der Waals surface area contributed by atoms with Crippen LogP contribution >= 0.6 is 0 Å². The Hall–Kier alpha value is -2.80. The number of benzene rings is 1. The number of ether oxygens (including phenoxy) is 1. The van der Waals surface area contributed by atoms with Crippen molar-refractivity contribution in [3.8, 4) is 0 Å². The van der Waals surface area contributed by atoms with Crippen LogP contribution in [0.3, 0.4) is 0 Å². The second-order valence-corrected chi connectivity index (χ2v) is 7.44. The molecule has 1 saturated heterocycles. The molecule has 0 aliphatic carbocycles. The van der Waals surface area contributed by atoms with E-state index >= 15 is 0 Å². The Bertz CT molecular complexity index is 847. The second kappa shape index (κ2) is 9.60. The highest BCUT2D eigenvalue weighted by molar-refractivity contribution is 5.90. The Labute approximate surface area is 172 Å². The van der Waals surface area contributed by atoms with E-state index in [1.807, 2.05) is 6.07 Å². The van der Waals surface area contributed by atoms with Gasteiger partial charge in [0, 0.05) is 32.2 Å². The Morgan fingerprint density at radius 1 is 1.34 bits per heavy atom. The molecule has 0 spiro atoms. The number of nitrogens with zero attached hydrogens (tertiary/aromatic N) is 2. The molecule has 7 nitrogen and oxygen atoms in total. The molecule has 2 heterocycles. The van der Waals surface area contributed by atoms with Gasteiger partial charge >= 0.3 is 5.97 Å². The first-order valence-corrected chi connectivity index (χ1v) is 9.93. The first-order valence-electron chi connectivity index (χ1n) is 9.93. The van der Waals surface area contributed by atoms with Crippen molar-refractivity contribution in [3.63, 3.8) is 0 Å². The third kappa shape index (κ3) is 5.38. The van der Waals surface area contributed by atoms with Crippen LogP contribution in [0.1, 0.15) is 40.8 Å². The third-order valence-corrected chi connectivity index (χ3v) is 5.30. The number of carbonyl (C=O) groups excluding carboxylic acids is 1. The van der Waals surface area contributed by atoms with Gasteiger partial charge in [-0.25, -0.2) is 4.79 Å². The molecule has 0 amide bonds. The van der Waals surface area contributed by atoms with Crippen LogP contribution in [0.25, 0.3) is 0 Å². The Kier molecular flexibility index (Phi) is 6.93. The molecule has 2 aromatic rings. The van der Waals surface area contributed by atoms with Crippen molar-refractivity contribution in [1.82, 2.24) is 15.5 Å². The summed E-state index contributed by atoms with van der Waals surface area (Å²) in [7, 11) is 3.12. The number of rotatable bonds is 6. The summed E-state index contributed by atoms with van der Waals surface area (Å²) in [4.78, 5) is 18.5. The predicted octanol–water partition coefficient (Wildman–Crippen LogP) is 2.70. The van der Waals surface area contributed by atoms with Crippen molar-refractivity contribution in [2.75, 3.05) is 20.7 Å². The lowest BCUT2D eigenvalue weighted by atomic mass is 10.2. The molecule has 156 valence electrons. The van der Waals surface area contributed by atoms with Gasteiger partial charge in [-0.1, -0.05) is 30.3 Å². The third-order valence-electron chi connectivity index (χ3n) is 5.30. The number of methoxy groups -OCH3 is 1. The summed E-state index contributed by atoms with van der Waals surface area (Å²) >= 11 is 0. The van der Waals surface area contributed by atoms with Gasteiger partial charge in [0.15, 0.2) is 5.96 Å². The van der Waals surface area contributed by atoms with E-state index in [0.717, 1.165) is 25.5 Å². The van der Waals surface area contributed by atoms with Crippen LogP contribution in [0.2, 0.25) is 0 Å². The number of aryl methyl sites for hydroxylation is 1. The molecule has 1 fully saturated rings. The topological polar surface area (TPSA) is 79.1 Å². The zero-order valence-electron chi connectivity index (χ0n) is 17.6.